The Hall–Kier alpha value is -3.65. The maximum Gasteiger partial charge on any atom is 0.333 e. The van der Waals surface area contributed by atoms with Gasteiger partial charge in [-0.3, -0.25) is 18.8 Å². The van der Waals surface area contributed by atoms with E-state index >= 15 is 0 Å². The highest BCUT2D eigenvalue weighted by Crippen LogP contribution is 2.32. The second-order valence-electron chi connectivity index (χ2n) is 7.85. The first-order valence-corrected chi connectivity index (χ1v) is 10.5. The summed E-state index contributed by atoms with van der Waals surface area (Å²) in [5, 5.41) is 8.90. The van der Waals surface area contributed by atoms with Gasteiger partial charge in [-0.05, 0) is 37.6 Å². The number of fused-ring (bicyclic) bond motifs is 3. The largest absolute Gasteiger partial charge is 0.372 e. The minimum absolute atomic E-state index is 0.137. The lowest BCUT2D eigenvalue weighted by Crippen LogP contribution is -2.21. The number of halogens is 1. The molecular formula is C23H22ClN7O. The minimum Gasteiger partial charge on any atom is -0.372 e. The summed E-state index contributed by atoms with van der Waals surface area (Å²) in [5.41, 5.74) is 6.53. The molecule has 0 saturated heterocycles. The van der Waals surface area contributed by atoms with E-state index in [0.717, 1.165) is 50.1 Å². The third kappa shape index (κ3) is 2.83. The number of pyridine rings is 2. The lowest BCUT2D eigenvalue weighted by molar-refractivity contribution is 0.730. The number of hydrogen-bond acceptors (Lipinski definition) is 5. The normalized spacial score (nSPS) is 11.6. The molecule has 5 rings (SSSR count). The Morgan fingerprint density at radius 1 is 1.03 bits per heavy atom. The van der Waals surface area contributed by atoms with Crippen LogP contribution in [-0.4, -0.2) is 35.9 Å². The maximum atomic E-state index is 13.3. The Kier molecular flexibility index (Phi) is 4.56. The molecule has 1 aromatic carbocycles. The smallest absolute Gasteiger partial charge is 0.333 e. The van der Waals surface area contributed by atoms with Crippen LogP contribution in [0.3, 0.4) is 0 Å². The lowest BCUT2D eigenvalue weighted by atomic mass is 10.0. The average Bonchev–Trinajstić information content (AvgIpc) is 3.18. The van der Waals surface area contributed by atoms with Crippen molar-refractivity contribution in [3.05, 3.63) is 63.6 Å². The predicted molar refractivity (Wildman–Crippen MR) is 128 cm³/mol. The summed E-state index contributed by atoms with van der Waals surface area (Å²) in [4.78, 5) is 22.3. The molecule has 0 aliphatic rings. The van der Waals surface area contributed by atoms with Crippen LogP contribution in [0.15, 0.2) is 41.5 Å². The number of nitrogens with one attached hydrogen (secondary N) is 1. The van der Waals surface area contributed by atoms with Crippen LogP contribution in [0.2, 0.25) is 5.02 Å². The molecule has 8 nitrogen and oxygen atoms in total. The molecule has 5 aromatic rings. The van der Waals surface area contributed by atoms with Gasteiger partial charge in [0, 0.05) is 38.3 Å². The number of nitrogens with zero attached hydrogens (tertiary/aromatic N) is 6. The van der Waals surface area contributed by atoms with E-state index in [1.807, 2.05) is 45.2 Å². The summed E-state index contributed by atoms with van der Waals surface area (Å²) in [7, 11) is 5.43. The summed E-state index contributed by atoms with van der Waals surface area (Å²) in [5.74, 6) is 0.625. The van der Waals surface area contributed by atoms with Crippen molar-refractivity contribution < 1.29 is 0 Å². The number of aryl methyl sites for hydroxylation is 3. The van der Waals surface area contributed by atoms with Crippen molar-refractivity contribution in [3.63, 3.8) is 0 Å². The van der Waals surface area contributed by atoms with Gasteiger partial charge in [-0.1, -0.05) is 17.7 Å². The van der Waals surface area contributed by atoms with E-state index < -0.39 is 0 Å². The molecule has 162 valence electrons. The van der Waals surface area contributed by atoms with Gasteiger partial charge in [-0.15, -0.1) is 0 Å². The summed E-state index contributed by atoms with van der Waals surface area (Å²) in [6, 6.07) is 7.85. The highest BCUT2D eigenvalue weighted by atomic mass is 35.5. The third-order valence-electron chi connectivity index (χ3n) is 5.99. The summed E-state index contributed by atoms with van der Waals surface area (Å²) in [6.07, 6.45) is 3.52. The van der Waals surface area contributed by atoms with Crippen molar-refractivity contribution in [2.24, 2.45) is 14.1 Å². The first-order chi connectivity index (χ1) is 15.3. The molecule has 0 fully saturated rings. The Morgan fingerprint density at radius 2 is 1.81 bits per heavy atom. The molecular weight excluding hydrogens is 426 g/mol. The molecule has 0 saturated carbocycles. The maximum absolute atomic E-state index is 13.3. The van der Waals surface area contributed by atoms with Crippen molar-refractivity contribution in [3.8, 4) is 16.8 Å². The number of hydrogen-bond donors (Lipinski definition) is 1. The van der Waals surface area contributed by atoms with E-state index in [1.54, 1.807) is 40.3 Å². The number of anilines is 1. The summed E-state index contributed by atoms with van der Waals surface area (Å²) in [6.45, 7) is 3.88. The van der Waals surface area contributed by atoms with Gasteiger partial charge in [0.05, 0.1) is 44.8 Å². The Morgan fingerprint density at radius 3 is 2.47 bits per heavy atom. The van der Waals surface area contributed by atoms with Crippen LogP contribution in [0, 0.1) is 13.8 Å². The first kappa shape index (κ1) is 20.3. The monoisotopic (exact) mass is 447 g/mol. The molecule has 0 aliphatic carbocycles. The second-order valence-corrected chi connectivity index (χ2v) is 8.26. The van der Waals surface area contributed by atoms with Gasteiger partial charge in [0.15, 0.2) is 0 Å². The summed E-state index contributed by atoms with van der Waals surface area (Å²) >= 11 is 6.36. The van der Waals surface area contributed by atoms with Crippen LogP contribution in [0.4, 0.5) is 5.82 Å². The van der Waals surface area contributed by atoms with Crippen LogP contribution in [0.25, 0.3) is 38.8 Å². The van der Waals surface area contributed by atoms with Crippen molar-refractivity contribution in [2.75, 3.05) is 12.4 Å². The molecule has 0 spiro atoms. The molecule has 0 aliphatic heterocycles. The van der Waals surface area contributed by atoms with Gasteiger partial charge in [-0.25, -0.2) is 9.78 Å². The highest BCUT2D eigenvalue weighted by molar-refractivity contribution is 6.33. The third-order valence-corrected chi connectivity index (χ3v) is 6.28. The zero-order valence-corrected chi connectivity index (χ0v) is 19.2. The quantitative estimate of drug-likeness (QED) is 0.452. The molecule has 9 heteroatoms. The predicted octanol–water partition coefficient (Wildman–Crippen LogP) is 3.98. The van der Waals surface area contributed by atoms with Gasteiger partial charge in [0.25, 0.3) is 0 Å². The average molecular weight is 448 g/mol. The number of aromatic nitrogens is 6. The van der Waals surface area contributed by atoms with Gasteiger partial charge in [-0.2, -0.15) is 5.10 Å². The molecule has 0 bridgehead atoms. The Bertz CT molecular complexity index is 1590. The lowest BCUT2D eigenvalue weighted by Gasteiger charge is -2.09. The van der Waals surface area contributed by atoms with Gasteiger partial charge >= 0.3 is 5.69 Å². The fourth-order valence-electron chi connectivity index (χ4n) is 4.25. The van der Waals surface area contributed by atoms with E-state index in [0.29, 0.717) is 10.8 Å². The molecule has 0 amide bonds. The van der Waals surface area contributed by atoms with Crippen molar-refractivity contribution in [1.29, 1.82) is 0 Å². The van der Waals surface area contributed by atoms with Crippen molar-refractivity contribution in [2.45, 2.75) is 13.8 Å². The molecule has 0 atom stereocenters. The molecule has 1 N–H and O–H groups in total. The topological polar surface area (TPSA) is 82.6 Å². The molecule has 0 unspecified atom stereocenters. The van der Waals surface area contributed by atoms with E-state index in [1.165, 1.54) is 0 Å². The number of imidazole rings is 1. The SMILES string of the molecule is CNc1ncc(-c2ccc3ncc4c(c3c2)n(-c2c(C)nn(C)c2C)c(=O)n4C)cc1Cl. The first-order valence-electron chi connectivity index (χ1n) is 10.2. The second kappa shape index (κ2) is 7.20. The Labute approximate surface area is 189 Å². The van der Waals surface area contributed by atoms with E-state index in [-0.39, 0.29) is 5.69 Å². The van der Waals surface area contributed by atoms with Crippen molar-refractivity contribution in [1.82, 2.24) is 28.9 Å². The van der Waals surface area contributed by atoms with Gasteiger partial charge in [0.1, 0.15) is 5.82 Å². The number of benzene rings is 1. The van der Waals surface area contributed by atoms with E-state index in [4.69, 9.17) is 11.6 Å². The zero-order valence-electron chi connectivity index (χ0n) is 18.4. The highest BCUT2D eigenvalue weighted by Gasteiger charge is 2.21. The van der Waals surface area contributed by atoms with Crippen LogP contribution in [0.1, 0.15) is 11.4 Å². The van der Waals surface area contributed by atoms with Crippen LogP contribution < -0.4 is 11.0 Å². The molecule has 0 radical (unpaired) electrons. The van der Waals surface area contributed by atoms with E-state index in [9.17, 15) is 4.79 Å². The van der Waals surface area contributed by atoms with Crippen LogP contribution >= 0.6 is 11.6 Å². The fourth-order valence-corrected chi connectivity index (χ4v) is 4.51. The van der Waals surface area contributed by atoms with Crippen LogP contribution in [-0.2, 0) is 14.1 Å². The standard InChI is InChI=1S/C23H22ClN7O/c1-12-20(13(2)30(5)28-12)31-21-16-8-14(15-9-17(24)22(25-3)27-10-15)6-7-18(16)26-11-19(21)29(4)23(31)32/h6-11H,1-5H3,(H,25,27). The van der Waals surface area contributed by atoms with Crippen LogP contribution in [0.5, 0.6) is 0 Å². The minimum atomic E-state index is -0.137. The zero-order chi connectivity index (χ0) is 22.7. The van der Waals surface area contributed by atoms with E-state index in [2.05, 4.69) is 20.4 Å². The molecule has 4 heterocycles. The van der Waals surface area contributed by atoms with Gasteiger partial charge in [0.2, 0.25) is 0 Å². The summed E-state index contributed by atoms with van der Waals surface area (Å²) < 4.78 is 5.17. The molecule has 32 heavy (non-hydrogen) atoms. The van der Waals surface area contributed by atoms with Gasteiger partial charge < -0.3 is 5.32 Å². The van der Waals surface area contributed by atoms with Crippen molar-refractivity contribution >= 4 is 39.4 Å². The number of rotatable bonds is 3. The molecule has 4 aromatic heterocycles. The fraction of sp³-hybridized carbons (Fsp3) is 0.217. The Balaban J connectivity index is 1.87.